The largest absolute Gasteiger partial charge is 0.396 e. The number of nitrogens with two attached hydrogens (primary N) is 1. The standard InChI is InChI=1S/C12H6Br2N2S4/c13-7-3-1-5(18-7)11-9(15)10(16-17)12(20-11)6-2-4-8(14)19-6/h1-4H,15H2. The highest BCUT2D eigenvalue weighted by molar-refractivity contribution is 9.11. The number of thiophene rings is 3. The van der Waals surface area contributed by atoms with Crippen LogP contribution >= 0.6 is 65.9 Å². The summed E-state index contributed by atoms with van der Waals surface area (Å²) in [6.45, 7) is 0. The van der Waals surface area contributed by atoms with E-state index in [9.17, 15) is 0 Å². The summed E-state index contributed by atoms with van der Waals surface area (Å²) >= 11 is 16.8. The third-order valence-corrected chi connectivity index (χ3v) is 7.59. The molecule has 3 aromatic rings. The van der Waals surface area contributed by atoms with Gasteiger partial charge in [0.25, 0.3) is 0 Å². The average molecular weight is 466 g/mol. The molecule has 0 atom stereocenters. The van der Waals surface area contributed by atoms with Gasteiger partial charge in [0.15, 0.2) is 0 Å². The van der Waals surface area contributed by atoms with E-state index in [1.54, 1.807) is 34.0 Å². The van der Waals surface area contributed by atoms with E-state index in [0.717, 1.165) is 27.1 Å². The van der Waals surface area contributed by atoms with Crippen LogP contribution in [0.1, 0.15) is 0 Å². The van der Waals surface area contributed by atoms with E-state index in [0.29, 0.717) is 11.4 Å². The molecule has 0 aliphatic carbocycles. The Hall–Kier alpha value is -0.120. The quantitative estimate of drug-likeness (QED) is 0.468. The summed E-state index contributed by atoms with van der Waals surface area (Å²) < 4.78 is 6.12. The molecule has 20 heavy (non-hydrogen) atoms. The predicted molar refractivity (Wildman–Crippen MR) is 100 cm³/mol. The van der Waals surface area contributed by atoms with Gasteiger partial charge in [-0.1, -0.05) is 0 Å². The van der Waals surface area contributed by atoms with Crippen LogP contribution < -0.4 is 5.73 Å². The molecule has 8 heteroatoms. The zero-order valence-corrected chi connectivity index (χ0v) is 16.2. The summed E-state index contributed by atoms with van der Waals surface area (Å²) in [7, 11) is 0. The highest BCUT2D eigenvalue weighted by Gasteiger charge is 2.20. The van der Waals surface area contributed by atoms with Crippen molar-refractivity contribution in [2.24, 2.45) is 4.36 Å². The number of nitrogen functional groups attached to an aromatic ring is 1. The maximum absolute atomic E-state index is 6.23. The fourth-order valence-electron chi connectivity index (χ4n) is 1.75. The summed E-state index contributed by atoms with van der Waals surface area (Å²) in [6.07, 6.45) is 0. The zero-order valence-electron chi connectivity index (χ0n) is 9.72. The van der Waals surface area contributed by atoms with Gasteiger partial charge in [-0.25, -0.2) is 0 Å². The molecule has 0 spiro atoms. The SMILES string of the molecule is Nc1c(-c2ccc(Br)s2)sc(-c2ccc(Br)s2)c1N=S. The molecule has 3 aromatic heterocycles. The smallest absolute Gasteiger partial charge is 0.120 e. The molecule has 0 saturated carbocycles. The van der Waals surface area contributed by atoms with E-state index in [2.05, 4.69) is 48.4 Å². The fourth-order valence-corrected chi connectivity index (χ4v) is 6.16. The van der Waals surface area contributed by atoms with E-state index < -0.39 is 0 Å². The number of hydrogen-bond acceptors (Lipinski definition) is 6. The fraction of sp³-hybridized carbons (Fsp3) is 0. The van der Waals surface area contributed by atoms with Gasteiger partial charge in [-0.05, 0) is 56.1 Å². The number of rotatable bonds is 3. The van der Waals surface area contributed by atoms with Crippen LogP contribution in [0.3, 0.4) is 0 Å². The first-order chi connectivity index (χ1) is 9.60. The monoisotopic (exact) mass is 464 g/mol. The Morgan fingerprint density at radius 3 is 1.90 bits per heavy atom. The van der Waals surface area contributed by atoms with E-state index in [-0.39, 0.29) is 0 Å². The molecule has 0 amide bonds. The first-order valence-electron chi connectivity index (χ1n) is 5.37. The van der Waals surface area contributed by atoms with Crippen molar-refractivity contribution in [3.05, 3.63) is 31.8 Å². The Morgan fingerprint density at radius 2 is 1.45 bits per heavy atom. The van der Waals surface area contributed by atoms with Crippen molar-refractivity contribution >= 4 is 89.7 Å². The van der Waals surface area contributed by atoms with E-state index in [1.807, 2.05) is 12.1 Å². The minimum atomic E-state index is 0.666. The Balaban J connectivity index is 2.19. The van der Waals surface area contributed by atoms with Crippen LogP contribution in [0.2, 0.25) is 0 Å². The van der Waals surface area contributed by atoms with Crippen molar-refractivity contribution in [3.8, 4) is 19.5 Å². The second-order valence-corrected chi connectivity index (χ2v) is 9.95. The molecule has 2 N–H and O–H groups in total. The van der Waals surface area contributed by atoms with Crippen molar-refractivity contribution in [2.75, 3.05) is 5.73 Å². The third kappa shape index (κ3) is 2.65. The molecular weight excluding hydrogens is 460 g/mol. The van der Waals surface area contributed by atoms with Gasteiger partial charge < -0.3 is 5.73 Å². The maximum atomic E-state index is 6.23. The van der Waals surface area contributed by atoms with E-state index in [4.69, 9.17) is 18.2 Å². The number of halogens is 2. The molecule has 3 rings (SSSR count). The Kier molecular flexibility index (Phi) is 4.40. The third-order valence-electron chi connectivity index (χ3n) is 2.60. The van der Waals surface area contributed by atoms with Crippen LogP contribution in [0.5, 0.6) is 0 Å². The van der Waals surface area contributed by atoms with Gasteiger partial charge in [-0.3, -0.25) is 0 Å². The highest BCUT2D eigenvalue weighted by atomic mass is 79.9. The van der Waals surface area contributed by atoms with Gasteiger partial charge in [0.1, 0.15) is 5.69 Å². The lowest BCUT2D eigenvalue weighted by Gasteiger charge is -1.95. The zero-order chi connectivity index (χ0) is 14.3. The number of anilines is 1. The summed E-state index contributed by atoms with van der Waals surface area (Å²) in [4.78, 5) is 4.32. The number of hydrogen-bond donors (Lipinski definition) is 1. The van der Waals surface area contributed by atoms with Crippen LogP contribution in [0.15, 0.2) is 36.2 Å². The Morgan fingerprint density at radius 1 is 0.900 bits per heavy atom. The number of nitrogens with zero attached hydrogens (tertiary/aromatic N) is 1. The molecule has 0 saturated heterocycles. The second kappa shape index (κ2) is 5.94. The topological polar surface area (TPSA) is 38.4 Å². The highest BCUT2D eigenvalue weighted by Crippen LogP contribution is 2.52. The Bertz CT molecular complexity index is 787. The van der Waals surface area contributed by atoms with Crippen LogP contribution in [-0.4, -0.2) is 0 Å². The molecule has 0 aromatic carbocycles. The maximum Gasteiger partial charge on any atom is 0.120 e. The van der Waals surface area contributed by atoms with Gasteiger partial charge >= 0.3 is 0 Å². The van der Waals surface area contributed by atoms with Crippen LogP contribution in [-0.2, 0) is 12.4 Å². The average Bonchev–Trinajstić information content (AvgIpc) is 3.09. The Labute approximate surface area is 150 Å². The molecule has 0 fully saturated rings. The van der Waals surface area contributed by atoms with Crippen molar-refractivity contribution in [1.29, 1.82) is 0 Å². The molecule has 2 nitrogen and oxygen atoms in total. The molecule has 0 aliphatic heterocycles. The lowest BCUT2D eigenvalue weighted by Crippen LogP contribution is -1.83. The molecular formula is C12H6Br2N2S4. The van der Waals surface area contributed by atoms with E-state index in [1.165, 1.54) is 0 Å². The van der Waals surface area contributed by atoms with Crippen molar-refractivity contribution in [2.45, 2.75) is 0 Å². The lowest BCUT2D eigenvalue weighted by atomic mass is 10.2. The van der Waals surface area contributed by atoms with Gasteiger partial charge in [0.2, 0.25) is 0 Å². The van der Waals surface area contributed by atoms with Gasteiger partial charge in [-0.15, -0.1) is 34.0 Å². The summed E-state index contributed by atoms with van der Waals surface area (Å²) in [5, 5.41) is 0. The van der Waals surface area contributed by atoms with Gasteiger partial charge in [0, 0.05) is 22.2 Å². The minimum Gasteiger partial charge on any atom is -0.396 e. The first kappa shape index (κ1) is 14.8. The minimum absolute atomic E-state index is 0.666. The van der Waals surface area contributed by atoms with Gasteiger partial charge in [-0.2, -0.15) is 4.36 Å². The van der Waals surface area contributed by atoms with Crippen LogP contribution in [0.4, 0.5) is 11.4 Å². The van der Waals surface area contributed by atoms with Crippen molar-refractivity contribution in [3.63, 3.8) is 0 Å². The molecule has 0 bridgehead atoms. The molecule has 0 radical (unpaired) electrons. The van der Waals surface area contributed by atoms with Gasteiger partial charge in [0.05, 0.1) is 23.0 Å². The van der Waals surface area contributed by atoms with E-state index >= 15 is 0 Å². The molecule has 3 heterocycles. The van der Waals surface area contributed by atoms with Crippen LogP contribution in [0.25, 0.3) is 19.5 Å². The predicted octanol–water partition coefficient (Wildman–Crippen LogP) is 6.67. The van der Waals surface area contributed by atoms with Crippen LogP contribution in [0, 0.1) is 0 Å². The van der Waals surface area contributed by atoms with Crippen molar-refractivity contribution in [1.82, 2.24) is 0 Å². The second-order valence-electron chi connectivity index (χ2n) is 3.82. The van der Waals surface area contributed by atoms with Crippen molar-refractivity contribution < 1.29 is 0 Å². The summed E-state index contributed by atoms with van der Waals surface area (Å²) in [5.41, 5.74) is 7.61. The first-order valence-corrected chi connectivity index (χ1v) is 9.77. The summed E-state index contributed by atoms with van der Waals surface area (Å²) in [5.74, 6) is 0. The molecule has 0 aliphatic rings. The molecule has 102 valence electrons. The molecule has 0 unspecified atom stereocenters. The lowest BCUT2D eigenvalue weighted by molar-refractivity contribution is 1.65. The normalized spacial score (nSPS) is 10.9. The summed E-state index contributed by atoms with van der Waals surface area (Å²) in [6, 6.07) is 8.14.